The van der Waals surface area contributed by atoms with Crippen LogP contribution in [0.1, 0.15) is 72.1 Å². The van der Waals surface area contributed by atoms with Gasteiger partial charge in [0, 0.05) is 0 Å². The molecule has 0 heterocycles. The number of rotatable bonds is 12. The van der Waals surface area contributed by atoms with E-state index >= 15 is 0 Å². The van der Waals surface area contributed by atoms with Crippen LogP contribution in [0.15, 0.2) is 0 Å². The van der Waals surface area contributed by atoms with E-state index in [4.69, 9.17) is 0 Å². The average Bonchev–Trinajstić information content (AvgIpc) is 2.36. The van der Waals surface area contributed by atoms with Gasteiger partial charge >= 0.3 is 0 Å². The third-order valence-electron chi connectivity index (χ3n) is 2.81. The Morgan fingerprint density at radius 1 is 0.900 bits per heavy atom. The van der Waals surface area contributed by atoms with Crippen LogP contribution in [-0.4, -0.2) is 32.7 Å². The fraction of sp³-hybridized carbons (Fsp3) is 1.00. The first kappa shape index (κ1) is 22.1. The quantitative estimate of drug-likeness (QED) is 0.340. The van der Waals surface area contributed by atoms with Crippen LogP contribution in [0.3, 0.4) is 0 Å². The Hall–Kier alpha value is -0.170. The number of hydrogen-bond acceptors (Lipinski definition) is 4. The average molecular weight is 311 g/mol. The number of nitrogens with two attached hydrogens (primary N) is 1. The second-order valence-electron chi connectivity index (χ2n) is 4.78. The largest absolute Gasteiger partial charge is 0.726 e. The van der Waals surface area contributed by atoms with Crippen molar-refractivity contribution in [1.29, 1.82) is 0 Å². The van der Waals surface area contributed by atoms with Crippen LogP contribution in [-0.2, 0) is 14.6 Å². The second-order valence-corrected chi connectivity index (χ2v) is 5.83. The Labute approximate surface area is 125 Å². The van der Waals surface area contributed by atoms with E-state index in [2.05, 4.69) is 23.3 Å². The van der Waals surface area contributed by atoms with Crippen LogP contribution in [0.5, 0.6) is 0 Å². The number of quaternary nitrogens is 1. The van der Waals surface area contributed by atoms with Crippen LogP contribution < -0.4 is 5.32 Å². The summed E-state index contributed by atoms with van der Waals surface area (Å²) in [5.74, 6) is 0. The fourth-order valence-electron chi connectivity index (χ4n) is 1.77. The lowest BCUT2D eigenvalue weighted by Gasteiger charge is -2.02. The Morgan fingerprint density at radius 2 is 1.40 bits per heavy atom. The summed E-state index contributed by atoms with van der Waals surface area (Å²) in [5.41, 5.74) is 0. The van der Waals surface area contributed by atoms with Crippen molar-refractivity contribution in [2.45, 2.75) is 72.1 Å². The highest BCUT2D eigenvalue weighted by molar-refractivity contribution is 7.80. The first-order valence-corrected chi connectivity index (χ1v) is 9.23. The summed E-state index contributed by atoms with van der Waals surface area (Å²) in [6.45, 7) is 8.43. The molecule has 0 saturated heterocycles. The minimum absolute atomic E-state index is 0.0914. The standard InChI is InChI=1S/C12H27N.C2H6O4S/c1-3-5-6-7-8-9-10-11-12-13-4-2;1-2-6-7(3,4)5/h13H,3-12H2,1-2H3;2H2,1H3,(H,3,4,5). The van der Waals surface area contributed by atoms with E-state index in [9.17, 15) is 13.0 Å². The summed E-state index contributed by atoms with van der Waals surface area (Å²) in [5, 5.41) is 2.40. The van der Waals surface area contributed by atoms with Gasteiger partial charge in [-0.3, -0.25) is 4.18 Å². The lowest BCUT2D eigenvalue weighted by Crippen LogP contribution is -2.83. The van der Waals surface area contributed by atoms with Gasteiger partial charge in [-0.05, 0) is 26.7 Å². The van der Waals surface area contributed by atoms with Crippen LogP contribution in [0, 0.1) is 0 Å². The van der Waals surface area contributed by atoms with Crippen LogP contribution >= 0.6 is 0 Å². The molecule has 0 radical (unpaired) electrons. The molecule has 0 aromatic carbocycles. The molecule has 0 spiro atoms. The van der Waals surface area contributed by atoms with Gasteiger partial charge in [-0.25, -0.2) is 8.42 Å². The van der Waals surface area contributed by atoms with E-state index in [0.29, 0.717) is 0 Å². The molecule has 0 atom stereocenters. The van der Waals surface area contributed by atoms with Gasteiger partial charge in [-0.2, -0.15) is 0 Å². The number of hydrogen-bond donors (Lipinski definition) is 1. The molecule has 0 aromatic rings. The zero-order chi connectivity index (χ0) is 15.7. The van der Waals surface area contributed by atoms with Gasteiger partial charge in [0.25, 0.3) is 0 Å². The molecule has 20 heavy (non-hydrogen) atoms. The van der Waals surface area contributed by atoms with E-state index in [1.807, 2.05) is 0 Å². The molecule has 0 aliphatic heterocycles. The van der Waals surface area contributed by atoms with Crippen molar-refractivity contribution in [2.24, 2.45) is 0 Å². The minimum Gasteiger partial charge on any atom is -0.726 e. The van der Waals surface area contributed by atoms with E-state index in [1.165, 1.54) is 71.4 Å². The van der Waals surface area contributed by atoms with Crippen molar-refractivity contribution in [3.05, 3.63) is 0 Å². The van der Waals surface area contributed by atoms with E-state index in [0.717, 1.165) is 0 Å². The molecular formula is C14H33NO4S. The fourth-order valence-corrected chi connectivity index (χ4v) is 2.06. The first-order chi connectivity index (χ1) is 9.47. The third-order valence-corrected chi connectivity index (χ3v) is 3.34. The van der Waals surface area contributed by atoms with Gasteiger partial charge in [-0.15, -0.1) is 0 Å². The predicted molar refractivity (Wildman–Crippen MR) is 81.3 cm³/mol. The molecule has 0 aliphatic rings. The highest BCUT2D eigenvalue weighted by Gasteiger charge is 1.91. The summed E-state index contributed by atoms with van der Waals surface area (Å²) >= 11 is 0. The predicted octanol–water partition coefficient (Wildman–Crippen LogP) is 2.19. The maximum Gasteiger partial charge on any atom is 0.217 e. The first-order valence-electron chi connectivity index (χ1n) is 7.89. The topological polar surface area (TPSA) is 83.0 Å². The van der Waals surface area contributed by atoms with Crippen molar-refractivity contribution in [2.75, 3.05) is 19.7 Å². The molecule has 6 heteroatoms. The summed E-state index contributed by atoms with van der Waals surface area (Å²) in [7, 11) is -4.42. The molecule has 5 nitrogen and oxygen atoms in total. The lowest BCUT2D eigenvalue weighted by molar-refractivity contribution is -0.652. The van der Waals surface area contributed by atoms with Crippen molar-refractivity contribution >= 4 is 10.4 Å². The second kappa shape index (κ2) is 16.9. The maximum atomic E-state index is 9.45. The molecule has 0 fully saturated rings. The van der Waals surface area contributed by atoms with Gasteiger partial charge in [0.2, 0.25) is 10.4 Å². The van der Waals surface area contributed by atoms with Crippen molar-refractivity contribution in [3.63, 3.8) is 0 Å². The maximum absolute atomic E-state index is 9.45. The van der Waals surface area contributed by atoms with Crippen molar-refractivity contribution in [1.82, 2.24) is 0 Å². The molecule has 0 amide bonds. The lowest BCUT2D eigenvalue weighted by atomic mass is 10.1. The summed E-state index contributed by atoms with van der Waals surface area (Å²) < 4.78 is 32.0. The number of unbranched alkanes of at least 4 members (excludes halogenated alkanes) is 7. The molecular weight excluding hydrogens is 278 g/mol. The van der Waals surface area contributed by atoms with Gasteiger partial charge < -0.3 is 9.87 Å². The van der Waals surface area contributed by atoms with Crippen LogP contribution in [0.2, 0.25) is 0 Å². The summed E-state index contributed by atoms with van der Waals surface area (Å²) in [6.07, 6.45) is 11.5. The third kappa shape index (κ3) is 26.4. The Kier molecular flexibility index (Phi) is 18.7. The molecule has 0 bridgehead atoms. The summed E-state index contributed by atoms with van der Waals surface area (Å²) in [6, 6.07) is 0. The van der Waals surface area contributed by atoms with Gasteiger partial charge in [0.15, 0.2) is 0 Å². The highest BCUT2D eigenvalue weighted by atomic mass is 32.3. The smallest absolute Gasteiger partial charge is 0.217 e. The zero-order valence-corrected chi connectivity index (χ0v) is 14.2. The van der Waals surface area contributed by atoms with Gasteiger partial charge in [0.1, 0.15) is 0 Å². The molecule has 0 aliphatic carbocycles. The molecule has 0 unspecified atom stereocenters. The van der Waals surface area contributed by atoms with Gasteiger partial charge in [-0.1, -0.05) is 45.4 Å². The van der Waals surface area contributed by atoms with Crippen molar-refractivity contribution in [3.8, 4) is 0 Å². The van der Waals surface area contributed by atoms with Crippen LogP contribution in [0.4, 0.5) is 0 Å². The zero-order valence-electron chi connectivity index (χ0n) is 13.4. The Morgan fingerprint density at radius 3 is 1.75 bits per heavy atom. The van der Waals surface area contributed by atoms with E-state index in [-0.39, 0.29) is 6.61 Å². The minimum atomic E-state index is -4.42. The van der Waals surface area contributed by atoms with E-state index < -0.39 is 10.4 Å². The molecule has 124 valence electrons. The Balaban J connectivity index is 0. The Bertz CT molecular complexity index is 258. The normalized spacial score (nSPS) is 11.0. The molecule has 0 saturated carbocycles. The monoisotopic (exact) mass is 311 g/mol. The highest BCUT2D eigenvalue weighted by Crippen LogP contribution is 2.07. The SMILES string of the molecule is CCCCCCCCCC[NH2+]CC.CCOS(=O)(=O)[O-]. The van der Waals surface area contributed by atoms with Crippen LogP contribution in [0.25, 0.3) is 0 Å². The van der Waals surface area contributed by atoms with E-state index in [1.54, 1.807) is 0 Å². The van der Waals surface area contributed by atoms with Gasteiger partial charge in [0.05, 0.1) is 19.7 Å². The molecule has 0 aromatic heterocycles. The molecule has 0 rings (SSSR count). The summed E-state index contributed by atoms with van der Waals surface area (Å²) in [4.78, 5) is 0. The molecule has 2 N–H and O–H groups in total. The van der Waals surface area contributed by atoms with Crippen molar-refractivity contribution < 1.29 is 22.5 Å².